The van der Waals surface area contributed by atoms with Gasteiger partial charge in [-0.3, -0.25) is 4.79 Å². The predicted molar refractivity (Wildman–Crippen MR) is 149 cm³/mol. The smallest absolute Gasteiger partial charge is 0.327 e. The van der Waals surface area contributed by atoms with Crippen LogP contribution in [0.3, 0.4) is 0 Å². The Morgan fingerprint density at radius 2 is 1.61 bits per heavy atom. The fourth-order valence-electron chi connectivity index (χ4n) is 4.19. The van der Waals surface area contributed by atoms with E-state index in [9.17, 15) is 14.7 Å². The number of nitrogens with one attached hydrogen (secondary N) is 1. The fraction of sp³-hybridized carbons (Fsp3) is 0.276. The highest BCUT2D eigenvalue weighted by Crippen LogP contribution is 2.30. The summed E-state index contributed by atoms with van der Waals surface area (Å²) in [6, 6.07) is 24.6. The van der Waals surface area contributed by atoms with Crippen LogP contribution in [0.1, 0.15) is 31.4 Å². The van der Waals surface area contributed by atoms with Gasteiger partial charge in [0.15, 0.2) is 0 Å². The summed E-state index contributed by atoms with van der Waals surface area (Å²) in [5, 5.41) is 24.4. The SMILES string of the molecule is CC(C)CC(=O)N(Cc1ccc(-c2ccccc2-c2nn[nH]n2)cc1)C(CSCc1ccccc1)C(=O)O. The van der Waals surface area contributed by atoms with E-state index in [0.717, 1.165) is 27.8 Å². The monoisotopic (exact) mass is 529 g/mol. The van der Waals surface area contributed by atoms with Gasteiger partial charge in [0.25, 0.3) is 0 Å². The van der Waals surface area contributed by atoms with Crippen LogP contribution in [0.15, 0.2) is 78.9 Å². The van der Waals surface area contributed by atoms with E-state index in [1.54, 1.807) is 0 Å². The van der Waals surface area contributed by atoms with Gasteiger partial charge in [-0.05, 0) is 33.4 Å². The highest BCUT2D eigenvalue weighted by molar-refractivity contribution is 7.98. The Balaban J connectivity index is 1.53. The molecule has 0 aliphatic heterocycles. The molecule has 0 saturated heterocycles. The van der Waals surface area contributed by atoms with Gasteiger partial charge in [-0.2, -0.15) is 17.0 Å². The van der Waals surface area contributed by atoms with E-state index in [1.807, 2.05) is 92.7 Å². The standard InChI is InChI=1S/C29H31N5O3S/c1-20(2)16-27(35)34(26(29(36)37)19-38-18-22-8-4-3-5-9-22)17-21-12-14-23(15-13-21)24-10-6-7-11-25(24)28-30-32-33-31-28/h3-15,20,26H,16-19H2,1-2H3,(H,36,37)(H,30,31,32,33). The predicted octanol–water partition coefficient (Wildman–Crippen LogP) is 5.30. The molecule has 4 aromatic rings. The molecule has 9 heteroatoms. The van der Waals surface area contributed by atoms with Crippen LogP contribution in [0.4, 0.5) is 0 Å². The third-order valence-electron chi connectivity index (χ3n) is 6.08. The molecule has 196 valence electrons. The molecule has 1 aromatic heterocycles. The average Bonchev–Trinajstić information content (AvgIpc) is 3.46. The minimum absolute atomic E-state index is 0.125. The summed E-state index contributed by atoms with van der Waals surface area (Å²) in [6.07, 6.45) is 0.295. The number of rotatable bonds is 12. The van der Waals surface area contributed by atoms with Gasteiger partial charge in [-0.15, -0.1) is 10.2 Å². The Bertz CT molecular complexity index is 1330. The fourth-order valence-corrected chi connectivity index (χ4v) is 5.28. The summed E-state index contributed by atoms with van der Waals surface area (Å²) >= 11 is 1.52. The van der Waals surface area contributed by atoms with Crippen LogP contribution >= 0.6 is 11.8 Å². The number of aromatic amines is 1. The zero-order valence-corrected chi connectivity index (χ0v) is 22.3. The molecule has 38 heavy (non-hydrogen) atoms. The van der Waals surface area contributed by atoms with Crippen molar-refractivity contribution in [1.82, 2.24) is 25.5 Å². The first-order chi connectivity index (χ1) is 18.4. The lowest BCUT2D eigenvalue weighted by atomic mass is 9.98. The number of tetrazole rings is 1. The van der Waals surface area contributed by atoms with Crippen LogP contribution in [0.25, 0.3) is 22.5 Å². The highest BCUT2D eigenvalue weighted by atomic mass is 32.2. The van der Waals surface area contributed by atoms with Gasteiger partial charge in [-0.25, -0.2) is 4.79 Å². The maximum absolute atomic E-state index is 13.2. The van der Waals surface area contributed by atoms with Crippen molar-refractivity contribution in [3.8, 4) is 22.5 Å². The van der Waals surface area contributed by atoms with Gasteiger partial charge in [-0.1, -0.05) is 92.7 Å². The van der Waals surface area contributed by atoms with E-state index in [4.69, 9.17) is 0 Å². The van der Waals surface area contributed by atoms with Crippen molar-refractivity contribution in [3.63, 3.8) is 0 Å². The molecule has 1 heterocycles. The molecule has 8 nitrogen and oxygen atoms in total. The summed E-state index contributed by atoms with van der Waals surface area (Å²) in [6.45, 7) is 4.15. The van der Waals surface area contributed by atoms with Crippen LogP contribution < -0.4 is 0 Å². The first-order valence-electron chi connectivity index (χ1n) is 12.5. The van der Waals surface area contributed by atoms with Crippen molar-refractivity contribution in [2.75, 3.05) is 5.75 Å². The Kier molecular flexibility index (Phi) is 9.26. The molecule has 0 spiro atoms. The van der Waals surface area contributed by atoms with E-state index in [1.165, 1.54) is 16.7 Å². The Morgan fingerprint density at radius 3 is 2.24 bits per heavy atom. The van der Waals surface area contributed by atoms with E-state index < -0.39 is 12.0 Å². The van der Waals surface area contributed by atoms with Gasteiger partial charge in [0.05, 0.1) is 0 Å². The molecule has 1 unspecified atom stereocenters. The van der Waals surface area contributed by atoms with Crippen LogP contribution in [-0.4, -0.2) is 54.3 Å². The molecule has 0 fully saturated rings. The molecule has 0 radical (unpaired) electrons. The minimum Gasteiger partial charge on any atom is -0.480 e. The lowest BCUT2D eigenvalue weighted by Crippen LogP contribution is -2.46. The lowest BCUT2D eigenvalue weighted by Gasteiger charge is -2.30. The van der Waals surface area contributed by atoms with Crippen molar-refractivity contribution in [2.24, 2.45) is 5.92 Å². The van der Waals surface area contributed by atoms with E-state index in [-0.39, 0.29) is 18.4 Å². The van der Waals surface area contributed by atoms with Crippen molar-refractivity contribution in [1.29, 1.82) is 0 Å². The van der Waals surface area contributed by atoms with E-state index in [0.29, 0.717) is 23.8 Å². The molecular weight excluding hydrogens is 498 g/mol. The third-order valence-corrected chi connectivity index (χ3v) is 7.17. The van der Waals surface area contributed by atoms with Crippen LogP contribution in [0, 0.1) is 5.92 Å². The van der Waals surface area contributed by atoms with Gasteiger partial charge in [0, 0.05) is 30.0 Å². The first kappa shape index (κ1) is 27.1. The second-order valence-electron chi connectivity index (χ2n) is 9.45. The number of nitrogens with zero attached hydrogens (tertiary/aromatic N) is 4. The number of benzene rings is 3. The molecule has 0 aliphatic rings. The first-order valence-corrected chi connectivity index (χ1v) is 13.6. The zero-order valence-electron chi connectivity index (χ0n) is 21.4. The number of hydrogen-bond donors (Lipinski definition) is 2. The Hall–Kier alpha value is -3.98. The summed E-state index contributed by atoms with van der Waals surface area (Å²) in [7, 11) is 0. The second-order valence-corrected chi connectivity index (χ2v) is 10.5. The largest absolute Gasteiger partial charge is 0.480 e. The third kappa shape index (κ3) is 7.07. The maximum Gasteiger partial charge on any atom is 0.327 e. The van der Waals surface area contributed by atoms with Crippen LogP contribution in [0.2, 0.25) is 0 Å². The molecule has 3 aromatic carbocycles. The number of amides is 1. The van der Waals surface area contributed by atoms with Gasteiger partial charge in [0.1, 0.15) is 6.04 Å². The molecule has 0 saturated carbocycles. The van der Waals surface area contributed by atoms with Gasteiger partial charge >= 0.3 is 5.97 Å². The molecule has 4 rings (SSSR count). The van der Waals surface area contributed by atoms with Gasteiger partial charge < -0.3 is 10.0 Å². The molecule has 1 atom stereocenters. The minimum atomic E-state index is -0.992. The second kappa shape index (κ2) is 13.0. The molecule has 1 amide bonds. The number of hydrogen-bond acceptors (Lipinski definition) is 6. The van der Waals surface area contributed by atoms with Gasteiger partial charge in [0.2, 0.25) is 11.7 Å². The maximum atomic E-state index is 13.2. The zero-order chi connectivity index (χ0) is 26.9. The van der Waals surface area contributed by atoms with Crippen molar-refractivity contribution < 1.29 is 14.7 Å². The van der Waals surface area contributed by atoms with Crippen molar-refractivity contribution >= 4 is 23.6 Å². The highest BCUT2D eigenvalue weighted by Gasteiger charge is 2.30. The molecular formula is C29H31N5O3S. The summed E-state index contributed by atoms with van der Waals surface area (Å²) in [5.41, 5.74) is 4.75. The normalized spacial score (nSPS) is 11.9. The Morgan fingerprint density at radius 1 is 0.921 bits per heavy atom. The average molecular weight is 530 g/mol. The Labute approximate surface area is 226 Å². The number of H-pyrrole nitrogens is 1. The van der Waals surface area contributed by atoms with E-state index in [2.05, 4.69) is 20.6 Å². The summed E-state index contributed by atoms with van der Waals surface area (Å²) in [5.74, 6) is 0.482. The number of carbonyl (C=O) groups is 2. The quantitative estimate of drug-likeness (QED) is 0.256. The topological polar surface area (TPSA) is 112 Å². The number of carboxylic acids is 1. The van der Waals surface area contributed by atoms with Crippen LogP contribution in [0.5, 0.6) is 0 Å². The number of carbonyl (C=O) groups excluding carboxylic acids is 1. The van der Waals surface area contributed by atoms with Crippen LogP contribution in [-0.2, 0) is 21.9 Å². The number of aliphatic carboxylic acids is 1. The van der Waals surface area contributed by atoms with Crippen molar-refractivity contribution in [3.05, 3.63) is 90.0 Å². The van der Waals surface area contributed by atoms with E-state index >= 15 is 0 Å². The number of carboxylic acid groups (broad SMARTS) is 1. The molecule has 0 bridgehead atoms. The lowest BCUT2D eigenvalue weighted by molar-refractivity contribution is -0.150. The number of aromatic nitrogens is 4. The summed E-state index contributed by atoms with van der Waals surface area (Å²) < 4.78 is 0. The number of thioether (sulfide) groups is 1. The molecule has 2 N–H and O–H groups in total. The summed E-state index contributed by atoms with van der Waals surface area (Å²) in [4.78, 5) is 27.1. The molecule has 0 aliphatic carbocycles. The van der Waals surface area contributed by atoms with Crippen molar-refractivity contribution in [2.45, 2.75) is 38.6 Å².